The van der Waals surface area contributed by atoms with Crippen molar-refractivity contribution in [3.05, 3.63) is 18.6 Å². The van der Waals surface area contributed by atoms with Crippen molar-refractivity contribution < 1.29 is 0 Å². The molecule has 0 spiro atoms. The molecule has 12 heavy (non-hydrogen) atoms. The monoisotopic (exact) mass is 167 g/mol. The van der Waals surface area contributed by atoms with E-state index in [0.717, 1.165) is 0 Å². The molecule has 0 aromatic heterocycles. The van der Waals surface area contributed by atoms with Crippen LogP contribution in [-0.2, 0) is 0 Å². The molecule has 0 aliphatic carbocycles. The summed E-state index contributed by atoms with van der Waals surface area (Å²) in [6, 6.07) is 0. The molecule has 0 nitrogen and oxygen atoms in total. The van der Waals surface area contributed by atoms with Crippen LogP contribution in [0.2, 0.25) is 0 Å². The van der Waals surface area contributed by atoms with Crippen molar-refractivity contribution in [2.24, 2.45) is 0 Å². The predicted molar refractivity (Wildman–Crippen MR) is 57.1 cm³/mol. The highest BCUT2D eigenvalue weighted by molar-refractivity contribution is 4.83. The smallest absolute Gasteiger partial charge is 0.0348 e. The Morgan fingerprint density at radius 3 is 2.17 bits per heavy atom. The molecule has 0 bridgehead atoms. The maximum atomic E-state index is 2.42. The molecule has 0 atom stereocenters. The molecule has 0 saturated carbocycles. The predicted octanol–water partition coefficient (Wildman–Crippen LogP) is 4.52. The number of hydrogen-bond donors (Lipinski definition) is 0. The van der Waals surface area contributed by atoms with Crippen molar-refractivity contribution in [3.8, 4) is 0 Å². The highest BCUT2D eigenvalue weighted by Gasteiger charge is 1.86. The van der Waals surface area contributed by atoms with Gasteiger partial charge in [-0.05, 0) is 25.7 Å². The van der Waals surface area contributed by atoms with Gasteiger partial charge in [-0.15, -0.1) is 0 Å². The second kappa shape index (κ2) is 10.7. The standard InChI is InChI=1S/C12H23/c1-3-5-7-9-11-12-10-8-6-4-2/h7,9-10H,3-6,8,11-12H2,1-2H3. The van der Waals surface area contributed by atoms with E-state index in [1.54, 1.807) is 0 Å². The summed E-state index contributed by atoms with van der Waals surface area (Å²) in [6.07, 6.45) is 16.0. The molecule has 0 unspecified atom stereocenters. The fraction of sp³-hybridized carbons (Fsp3) is 0.750. The van der Waals surface area contributed by atoms with Crippen LogP contribution in [0.1, 0.15) is 58.8 Å². The molecule has 0 rings (SSSR count). The van der Waals surface area contributed by atoms with Gasteiger partial charge in [0.05, 0.1) is 0 Å². The lowest BCUT2D eigenvalue weighted by atomic mass is 10.1. The maximum absolute atomic E-state index is 2.42. The molecule has 0 aliphatic rings. The molecule has 1 radical (unpaired) electrons. The van der Waals surface area contributed by atoms with Gasteiger partial charge in [0.15, 0.2) is 0 Å². The minimum Gasteiger partial charge on any atom is -0.0885 e. The molecule has 0 aromatic rings. The van der Waals surface area contributed by atoms with Crippen LogP contribution < -0.4 is 0 Å². The van der Waals surface area contributed by atoms with Crippen LogP contribution >= 0.6 is 0 Å². The van der Waals surface area contributed by atoms with E-state index in [1.165, 1.54) is 44.9 Å². The fourth-order valence-electron chi connectivity index (χ4n) is 1.11. The van der Waals surface area contributed by atoms with Crippen LogP contribution in [0.15, 0.2) is 12.2 Å². The first-order valence-electron chi connectivity index (χ1n) is 5.38. The molecule has 0 aromatic carbocycles. The molecule has 0 saturated heterocycles. The van der Waals surface area contributed by atoms with Gasteiger partial charge in [-0.25, -0.2) is 0 Å². The third kappa shape index (κ3) is 9.74. The van der Waals surface area contributed by atoms with E-state index >= 15 is 0 Å². The Bertz CT molecular complexity index is 92.2. The zero-order valence-electron chi connectivity index (χ0n) is 8.68. The number of unbranched alkanes of at least 4 members (excludes halogenated alkanes) is 6. The number of hydrogen-bond acceptors (Lipinski definition) is 0. The molecule has 0 N–H and O–H groups in total. The number of rotatable bonds is 8. The lowest BCUT2D eigenvalue weighted by Gasteiger charge is -1.95. The first-order valence-corrected chi connectivity index (χ1v) is 5.38. The van der Waals surface area contributed by atoms with Gasteiger partial charge in [-0.2, -0.15) is 0 Å². The van der Waals surface area contributed by atoms with Gasteiger partial charge in [0, 0.05) is 0 Å². The molecule has 71 valence electrons. The van der Waals surface area contributed by atoms with Gasteiger partial charge in [0.2, 0.25) is 0 Å². The molecule has 0 aliphatic heterocycles. The van der Waals surface area contributed by atoms with Gasteiger partial charge in [0.25, 0.3) is 0 Å². The zero-order valence-corrected chi connectivity index (χ0v) is 8.68. The van der Waals surface area contributed by atoms with Crippen LogP contribution in [0.3, 0.4) is 0 Å². The Balaban J connectivity index is 2.90. The molecular formula is C12H23. The van der Waals surface area contributed by atoms with Crippen LogP contribution in [0, 0.1) is 6.42 Å². The van der Waals surface area contributed by atoms with Crippen molar-refractivity contribution in [2.75, 3.05) is 0 Å². The third-order valence-corrected chi connectivity index (χ3v) is 1.92. The highest BCUT2D eigenvalue weighted by atomic mass is 13.9. The Kier molecular flexibility index (Phi) is 10.5. The van der Waals surface area contributed by atoms with Gasteiger partial charge >= 0.3 is 0 Å². The minimum absolute atomic E-state index is 1.24. The zero-order chi connectivity index (χ0) is 9.07. The van der Waals surface area contributed by atoms with Crippen LogP contribution in [0.25, 0.3) is 0 Å². The van der Waals surface area contributed by atoms with Crippen LogP contribution in [-0.4, -0.2) is 0 Å². The van der Waals surface area contributed by atoms with E-state index < -0.39 is 0 Å². The molecule has 0 fully saturated rings. The first-order chi connectivity index (χ1) is 5.91. The largest absolute Gasteiger partial charge is 0.0885 e. The second-order valence-electron chi connectivity index (χ2n) is 3.27. The molecule has 0 heterocycles. The lowest BCUT2D eigenvalue weighted by molar-refractivity contribution is 0.748. The van der Waals surface area contributed by atoms with Crippen LogP contribution in [0.4, 0.5) is 0 Å². The van der Waals surface area contributed by atoms with E-state index in [9.17, 15) is 0 Å². The summed E-state index contributed by atoms with van der Waals surface area (Å²) in [5, 5.41) is 0. The summed E-state index contributed by atoms with van der Waals surface area (Å²) >= 11 is 0. The van der Waals surface area contributed by atoms with Crippen LogP contribution in [0.5, 0.6) is 0 Å². The molecule has 0 amide bonds. The van der Waals surface area contributed by atoms with Crippen molar-refractivity contribution in [1.29, 1.82) is 0 Å². The Morgan fingerprint density at radius 2 is 1.50 bits per heavy atom. The van der Waals surface area contributed by atoms with Crippen molar-refractivity contribution in [3.63, 3.8) is 0 Å². The van der Waals surface area contributed by atoms with Crippen molar-refractivity contribution in [1.82, 2.24) is 0 Å². The van der Waals surface area contributed by atoms with Gasteiger partial charge < -0.3 is 0 Å². The van der Waals surface area contributed by atoms with E-state index in [2.05, 4.69) is 32.4 Å². The second-order valence-corrected chi connectivity index (χ2v) is 3.27. The SMILES string of the molecule is CCCC=CCC[CH]CCCC. The maximum Gasteiger partial charge on any atom is -0.0348 e. The van der Waals surface area contributed by atoms with E-state index in [0.29, 0.717) is 0 Å². The van der Waals surface area contributed by atoms with Crippen molar-refractivity contribution in [2.45, 2.75) is 58.8 Å². The van der Waals surface area contributed by atoms with Gasteiger partial charge in [-0.1, -0.05) is 51.7 Å². The first kappa shape index (κ1) is 11.7. The topological polar surface area (TPSA) is 0 Å². The summed E-state index contributed by atoms with van der Waals surface area (Å²) < 4.78 is 0. The quantitative estimate of drug-likeness (QED) is 0.368. The number of allylic oxidation sites excluding steroid dienone is 2. The Labute approximate surface area is 78.1 Å². The Morgan fingerprint density at radius 1 is 0.750 bits per heavy atom. The van der Waals surface area contributed by atoms with Gasteiger partial charge in [-0.3, -0.25) is 0 Å². The Hall–Kier alpha value is -0.260. The molecule has 0 heteroatoms. The average Bonchev–Trinajstić information content (AvgIpc) is 2.10. The van der Waals surface area contributed by atoms with E-state index in [1.807, 2.05) is 0 Å². The summed E-state index contributed by atoms with van der Waals surface area (Å²) in [7, 11) is 0. The normalized spacial score (nSPS) is 11.2. The third-order valence-electron chi connectivity index (χ3n) is 1.92. The highest BCUT2D eigenvalue weighted by Crippen LogP contribution is 2.04. The summed E-state index contributed by atoms with van der Waals surface area (Å²) in [5.41, 5.74) is 0. The van der Waals surface area contributed by atoms with E-state index in [-0.39, 0.29) is 0 Å². The summed E-state index contributed by atoms with van der Waals surface area (Å²) in [5.74, 6) is 0. The summed E-state index contributed by atoms with van der Waals surface area (Å²) in [6.45, 7) is 4.46. The van der Waals surface area contributed by atoms with Gasteiger partial charge in [0.1, 0.15) is 0 Å². The minimum atomic E-state index is 1.24. The van der Waals surface area contributed by atoms with Crippen molar-refractivity contribution >= 4 is 0 Å². The molecular weight excluding hydrogens is 144 g/mol. The fourth-order valence-corrected chi connectivity index (χ4v) is 1.11. The van der Waals surface area contributed by atoms with E-state index in [4.69, 9.17) is 0 Å². The average molecular weight is 167 g/mol. The lowest BCUT2D eigenvalue weighted by Crippen LogP contribution is -1.77. The summed E-state index contributed by atoms with van der Waals surface area (Å²) in [4.78, 5) is 0.